The highest BCUT2D eigenvalue weighted by Gasteiger charge is 2.17. The number of aromatic nitrogens is 2. The third-order valence-electron chi connectivity index (χ3n) is 3.80. The van der Waals surface area contributed by atoms with Crippen LogP contribution in [0, 0.1) is 3.57 Å². The van der Waals surface area contributed by atoms with E-state index in [1.165, 1.54) is 25.7 Å². The lowest BCUT2D eigenvalue weighted by Gasteiger charge is -2.21. The standard InChI is InChI=1S/C16H19IN4/c17-13-14(12-8-4-3-5-9-12)19-16(20-15(13)18)21-10-6-1-2-7-11-21/h3-5,8-9H,1-2,6-7,10-11H2,(H2,18,19,20). The first kappa shape index (κ1) is 14.6. The van der Waals surface area contributed by atoms with E-state index < -0.39 is 0 Å². The number of nitrogens with two attached hydrogens (primary N) is 1. The molecule has 3 rings (SSSR count). The van der Waals surface area contributed by atoms with Gasteiger partial charge in [-0.15, -0.1) is 0 Å². The molecule has 0 unspecified atom stereocenters. The third-order valence-corrected chi connectivity index (χ3v) is 4.86. The lowest BCUT2D eigenvalue weighted by Crippen LogP contribution is -2.26. The molecule has 0 amide bonds. The Balaban J connectivity index is 2.01. The molecule has 0 bridgehead atoms. The van der Waals surface area contributed by atoms with E-state index >= 15 is 0 Å². The minimum Gasteiger partial charge on any atom is -0.383 e. The van der Waals surface area contributed by atoms with Crippen LogP contribution >= 0.6 is 22.6 Å². The number of anilines is 2. The van der Waals surface area contributed by atoms with Crippen molar-refractivity contribution in [3.8, 4) is 11.3 Å². The molecule has 1 aliphatic heterocycles. The summed E-state index contributed by atoms with van der Waals surface area (Å²) in [5.41, 5.74) is 8.14. The van der Waals surface area contributed by atoms with Crippen LogP contribution in [0.4, 0.5) is 11.8 Å². The molecule has 1 saturated heterocycles. The summed E-state index contributed by atoms with van der Waals surface area (Å²) in [7, 11) is 0. The summed E-state index contributed by atoms with van der Waals surface area (Å²) in [5, 5.41) is 0. The largest absolute Gasteiger partial charge is 0.383 e. The Kier molecular flexibility index (Phi) is 4.57. The highest BCUT2D eigenvalue weighted by atomic mass is 127. The predicted octanol–water partition coefficient (Wildman–Crippen LogP) is 3.71. The normalized spacial score (nSPS) is 15.8. The van der Waals surface area contributed by atoms with Crippen molar-refractivity contribution >= 4 is 34.4 Å². The van der Waals surface area contributed by atoms with Crippen LogP contribution in [0.3, 0.4) is 0 Å². The highest BCUT2D eigenvalue weighted by molar-refractivity contribution is 14.1. The monoisotopic (exact) mass is 394 g/mol. The number of hydrogen-bond acceptors (Lipinski definition) is 4. The Hall–Kier alpha value is -1.37. The molecule has 0 atom stereocenters. The van der Waals surface area contributed by atoms with Gasteiger partial charge in [0.05, 0.1) is 9.26 Å². The van der Waals surface area contributed by atoms with Gasteiger partial charge in [0.25, 0.3) is 0 Å². The van der Waals surface area contributed by atoms with Crippen molar-refractivity contribution in [1.29, 1.82) is 0 Å². The quantitative estimate of drug-likeness (QED) is 0.790. The summed E-state index contributed by atoms with van der Waals surface area (Å²) in [5.74, 6) is 1.34. The number of nitrogen functional groups attached to an aromatic ring is 1. The summed E-state index contributed by atoms with van der Waals surface area (Å²) >= 11 is 2.24. The zero-order chi connectivity index (χ0) is 14.7. The van der Waals surface area contributed by atoms with Crippen molar-refractivity contribution in [2.75, 3.05) is 23.7 Å². The SMILES string of the molecule is Nc1nc(N2CCCCCC2)nc(-c2ccccc2)c1I. The average Bonchev–Trinajstić information content (AvgIpc) is 2.80. The van der Waals surface area contributed by atoms with E-state index in [0.717, 1.165) is 33.9 Å². The lowest BCUT2D eigenvalue weighted by atomic mass is 10.1. The molecule has 0 saturated carbocycles. The molecule has 0 aliphatic carbocycles. The zero-order valence-corrected chi connectivity index (χ0v) is 14.1. The molecule has 4 nitrogen and oxygen atoms in total. The van der Waals surface area contributed by atoms with Crippen molar-refractivity contribution in [2.24, 2.45) is 0 Å². The molecule has 21 heavy (non-hydrogen) atoms. The van der Waals surface area contributed by atoms with Gasteiger partial charge in [-0.2, -0.15) is 4.98 Å². The van der Waals surface area contributed by atoms with E-state index in [2.05, 4.69) is 44.6 Å². The first-order chi connectivity index (χ1) is 10.3. The Labute approximate surface area is 138 Å². The average molecular weight is 394 g/mol. The lowest BCUT2D eigenvalue weighted by molar-refractivity contribution is 0.726. The van der Waals surface area contributed by atoms with Gasteiger partial charge in [0.1, 0.15) is 5.82 Å². The first-order valence-electron chi connectivity index (χ1n) is 7.39. The molecule has 1 fully saturated rings. The Morgan fingerprint density at radius 1 is 0.952 bits per heavy atom. The Morgan fingerprint density at radius 2 is 1.62 bits per heavy atom. The number of hydrogen-bond donors (Lipinski definition) is 1. The van der Waals surface area contributed by atoms with Gasteiger partial charge in [-0.05, 0) is 35.4 Å². The molecule has 110 valence electrons. The fraction of sp³-hybridized carbons (Fsp3) is 0.375. The summed E-state index contributed by atoms with van der Waals surface area (Å²) < 4.78 is 0.928. The number of nitrogens with zero attached hydrogens (tertiary/aromatic N) is 3. The maximum atomic E-state index is 6.12. The molecule has 2 heterocycles. The summed E-state index contributed by atoms with van der Waals surface area (Å²) in [6.07, 6.45) is 5.00. The van der Waals surface area contributed by atoms with Gasteiger partial charge in [0, 0.05) is 18.7 Å². The van der Waals surface area contributed by atoms with Crippen LogP contribution in [-0.4, -0.2) is 23.1 Å². The van der Waals surface area contributed by atoms with Crippen LogP contribution in [0.2, 0.25) is 0 Å². The molecule has 2 aromatic rings. The number of halogens is 1. The van der Waals surface area contributed by atoms with Gasteiger partial charge in [-0.3, -0.25) is 0 Å². The van der Waals surface area contributed by atoms with Crippen molar-refractivity contribution in [3.05, 3.63) is 33.9 Å². The second-order valence-corrected chi connectivity index (χ2v) is 6.42. The van der Waals surface area contributed by atoms with E-state index in [4.69, 9.17) is 10.7 Å². The minimum absolute atomic E-state index is 0.573. The van der Waals surface area contributed by atoms with Crippen molar-refractivity contribution in [1.82, 2.24) is 9.97 Å². The van der Waals surface area contributed by atoms with Crippen LogP contribution in [0.5, 0.6) is 0 Å². The highest BCUT2D eigenvalue weighted by Crippen LogP contribution is 2.29. The second kappa shape index (κ2) is 6.60. The van der Waals surface area contributed by atoms with Gasteiger partial charge < -0.3 is 10.6 Å². The molecule has 1 aliphatic rings. The van der Waals surface area contributed by atoms with E-state index in [1.54, 1.807) is 0 Å². The summed E-state index contributed by atoms with van der Waals surface area (Å²) in [4.78, 5) is 11.6. The van der Waals surface area contributed by atoms with Crippen LogP contribution in [-0.2, 0) is 0 Å². The summed E-state index contributed by atoms with van der Waals surface area (Å²) in [6, 6.07) is 10.2. The van der Waals surface area contributed by atoms with Crippen molar-refractivity contribution in [2.45, 2.75) is 25.7 Å². The van der Waals surface area contributed by atoms with E-state index in [9.17, 15) is 0 Å². The minimum atomic E-state index is 0.573. The van der Waals surface area contributed by atoms with E-state index in [0.29, 0.717) is 5.82 Å². The van der Waals surface area contributed by atoms with Gasteiger partial charge in [0.2, 0.25) is 5.95 Å². The van der Waals surface area contributed by atoms with E-state index in [1.807, 2.05) is 18.2 Å². The molecule has 2 N–H and O–H groups in total. The number of benzene rings is 1. The molecule has 1 aromatic carbocycles. The first-order valence-corrected chi connectivity index (χ1v) is 8.47. The second-order valence-electron chi connectivity index (χ2n) is 5.34. The topological polar surface area (TPSA) is 55.0 Å². The molecular weight excluding hydrogens is 375 g/mol. The van der Waals surface area contributed by atoms with Gasteiger partial charge in [-0.25, -0.2) is 4.98 Å². The molecule has 0 spiro atoms. The molecule has 1 aromatic heterocycles. The Morgan fingerprint density at radius 3 is 2.29 bits per heavy atom. The maximum absolute atomic E-state index is 6.12. The van der Waals surface area contributed by atoms with Gasteiger partial charge in [0.15, 0.2) is 0 Å². The van der Waals surface area contributed by atoms with Crippen molar-refractivity contribution < 1.29 is 0 Å². The van der Waals surface area contributed by atoms with Crippen molar-refractivity contribution in [3.63, 3.8) is 0 Å². The van der Waals surface area contributed by atoms with Gasteiger partial charge in [-0.1, -0.05) is 43.2 Å². The Bertz CT molecular complexity index is 607. The fourth-order valence-corrected chi connectivity index (χ4v) is 3.20. The molecular formula is C16H19IN4. The molecule has 5 heteroatoms. The number of rotatable bonds is 2. The predicted molar refractivity (Wildman–Crippen MR) is 95.3 cm³/mol. The maximum Gasteiger partial charge on any atom is 0.227 e. The van der Waals surface area contributed by atoms with Gasteiger partial charge >= 0.3 is 0 Å². The van der Waals surface area contributed by atoms with Crippen LogP contribution in [0.1, 0.15) is 25.7 Å². The smallest absolute Gasteiger partial charge is 0.227 e. The van der Waals surface area contributed by atoms with E-state index in [-0.39, 0.29) is 0 Å². The van der Waals surface area contributed by atoms with Crippen LogP contribution in [0.15, 0.2) is 30.3 Å². The van der Waals surface area contributed by atoms with Crippen LogP contribution in [0.25, 0.3) is 11.3 Å². The zero-order valence-electron chi connectivity index (χ0n) is 11.9. The third kappa shape index (κ3) is 3.28. The van der Waals surface area contributed by atoms with Crippen LogP contribution < -0.4 is 10.6 Å². The fourth-order valence-electron chi connectivity index (χ4n) is 2.65. The summed E-state index contributed by atoms with van der Waals surface area (Å²) in [6.45, 7) is 2.04. The molecule has 0 radical (unpaired) electrons.